The molecule has 0 spiro atoms. The maximum Gasteiger partial charge on any atom is 0.323 e. The van der Waals surface area contributed by atoms with E-state index in [1.54, 1.807) is 0 Å². The van der Waals surface area contributed by atoms with Crippen molar-refractivity contribution in [1.29, 1.82) is 0 Å². The summed E-state index contributed by atoms with van der Waals surface area (Å²) in [5, 5.41) is 3.14. The standard InChI is InChI=1S/C11H21N5O/c1-5-7-12-9-13-10(16(3)4)15-11(14-9)17-8-6-2/h5-8H2,1-4H3,(H,12,13,14,15). The number of nitrogens with zero attached hydrogens (tertiary/aromatic N) is 4. The highest BCUT2D eigenvalue weighted by molar-refractivity contribution is 5.36. The molecule has 1 rings (SSSR count). The van der Waals surface area contributed by atoms with Gasteiger partial charge in [-0.1, -0.05) is 13.8 Å². The van der Waals surface area contributed by atoms with Crippen LogP contribution >= 0.6 is 0 Å². The van der Waals surface area contributed by atoms with Gasteiger partial charge in [-0.15, -0.1) is 0 Å². The molecule has 0 fully saturated rings. The minimum atomic E-state index is 0.379. The summed E-state index contributed by atoms with van der Waals surface area (Å²) in [6.45, 7) is 5.59. The highest BCUT2D eigenvalue weighted by Gasteiger charge is 2.08. The first-order valence-electron chi connectivity index (χ1n) is 5.97. The van der Waals surface area contributed by atoms with Crippen LogP contribution in [0.15, 0.2) is 0 Å². The Labute approximate surface area is 102 Å². The maximum atomic E-state index is 5.44. The van der Waals surface area contributed by atoms with Crippen LogP contribution in [-0.2, 0) is 0 Å². The average molecular weight is 239 g/mol. The van der Waals surface area contributed by atoms with Crippen LogP contribution in [0.5, 0.6) is 6.01 Å². The number of anilines is 2. The van der Waals surface area contributed by atoms with E-state index in [2.05, 4.69) is 27.2 Å². The summed E-state index contributed by atoms with van der Waals surface area (Å²) in [6.07, 6.45) is 1.95. The fraction of sp³-hybridized carbons (Fsp3) is 0.727. The van der Waals surface area contributed by atoms with E-state index >= 15 is 0 Å². The summed E-state index contributed by atoms with van der Waals surface area (Å²) in [5.41, 5.74) is 0. The van der Waals surface area contributed by atoms with Gasteiger partial charge in [-0.25, -0.2) is 0 Å². The topological polar surface area (TPSA) is 63.2 Å². The molecule has 6 nitrogen and oxygen atoms in total. The van der Waals surface area contributed by atoms with Gasteiger partial charge in [-0.3, -0.25) is 0 Å². The van der Waals surface area contributed by atoms with Crippen molar-refractivity contribution >= 4 is 11.9 Å². The van der Waals surface area contributed by atoms with E-state index in [-0.39, 0.29) is 0 Å². The van der Waals surface area contributed by atoms with E-state index < -0.39 is 0 Å². The first-order chi connectivity index (χ1) is 8.17. The molecule has 17 heavy (non-hydrogen) atoms. The van der Waals surface area contributed by atoms with Gasteiger partial charge in [0.05, 0.1) is 6.61 Å². The lowest BCUT2D eigenvalue weighted by atomic mass is 10.5. The van der Waals surface area contributed by atoms with Crippen molar-refractivity contribution in [2.45, 2.75) is 26.7 Å². The Balaban J connectivity index is 2.84. The predicted molar refractivity (Wildman–Crippen MR) is 68.7 cm³/mol. The Hall–Kier alpha value is -1.59. The molecule has 0 amide bonds. The zero-order valence-electron chi connectivity index (χ0n) is 11.0. The predicted octanol–water partition coefficient (Wildman–Crippen LogP) is 1.55. The van der Waals surface area contributed by atoms with Gasteiger partial charge in [0.15, 0.2) is 0 Å². The quantitative estimate of drug-likeness (QED) is 0.779. The Kier molecular flexibility index (Phi) is 5.45. The van der Waals surface area contributed by atoms with Crippen LogP contribution in [0, 0.1) is 0 Å². The molecule has 0 aliphatic rings. The molecular weight excluding hydrogens is 218 g/mol. The first-order valence-corrected chi connectivity index (χ1v) is 5.97. The molecule has 1 aromatic rings. The second kappa shape index (κ2) is 6.88. The van der Waals surface area contributed by atoms with E-state index in [9.17, 15) is 0 Å². The monoisotopic (exact) mass is 239 g/mol. The van der Waals surface area contributed by atoms with Gasteiger partial charge in [-0.2, -0.15) is 15.0 Å². The highest BCUT2D eigenvalue weighted by atomic mass is 16.5. The van der Waals surface area contributed by atoms with Crippen molar-refractivity contribution in [3.8, 4) is 6.01 Å². The molecule has 6 heteroatoms. The molecule has 0 bridgehead atoms. The largest absolute Gasteiger partial charge is 0.463 e. The molecule has 0 aliphatic heterocycles. The SMILES string of the molecule is CCCNc1nc(OCCC)nc(N(C)C)n1. The number of rotatable bonds is 7. The van der Waals surface area contributed by atoms with Crippen LogP contribution in [0.25, 0.3) is 0 Å². The normalized spacial score (nSPS) is 10.1. The molecule has 0 saturated carbocycles. The second-order valence-electron chi connectivity index (χ2n) is 3.91. The van der Waals surface area contributed by atoms with Gasteiger partial charge < -0.3 is 15.0 Å². The molecule has 0 atom stereocenters. The molecule has 0 saturated heterocycles. The molecular formula is C11H21N5O. The Morgan fingerprint density at radius 3 is 2.47 bits per heavy atom. The number of hydrogen-bond donors (Lipinski definition) is 1. The fourth-order valence-corrected chi connectivity index (χ4v) is 1.12. The van der Waals surface area contributed by atoms with Crippen molar-refractivity contribution in [3.63, 3.8) is 0 Å². The number of nitrogens with one attached hydrogen (secondary N) is 1. The lowest BCUT2D eigenvalue weighted by molar-refractivity contribution is 0.292. The van der Waals surface area contributed by atoms with Crippen molar-refractivity contribution in [1.82, 2.24) is 15.0 Å². The summed E-state index contributed by atoms with van der Waals surface area (Å²) >= 11 is 0. The maximum absolute atomic E-state index is 5.44. The summed E-state index contributed by atoms with van der Waals surface area (Å²) in [6, 6.07) is 0.379. The van der Waals surface area contributed by atoms with E-state index in [4.69, 9.17) is 4.74 Å². The van der Waals surface area contributed by atoms with Crippen LogP contribution in [0.1, 0.15) is 26.7 Å². The third-order valence-corrected chi connectivity index (χ3v) is 1.97. The van der Waals surface area contributed by atoms with Crippen molar-refractivity contribution in [2.75, 3.05) is 37.5 Å². The minimum Gasteiger partial charge on any atom is -0.463 e. The molecule has 0 aromatic carbocycles. The van der Waals surface area contributed by atoms with Crippen LogP contribution in [0.4, 0.5) is 11.9 Å². The molecule has 1 heterocycles. The summed E-state index contributed by atoms with van der Waals surface area (Å²) in [5.74, 6) is 1.17. The molecule has 1 aromatic heterocycles. The van der Waals surface area contributed by atoms with E-state index in [0.717, 1.165) is 19.4 Å². The van der Waals surface area contributed by atoms with Crippen molar-refractivity contribution in [3.05, 3.63) is 0 Å². The van der Waals surface area contributed by atoms with Crippen molar-refractivity contribution < 1.29 is 4.74 Å². The zero-order chi connectivity index (χ0) is 12.7. The van der Waals surface area contributed by atoms with Crippen LogP contribution in [0.3, 0.4) is 0 Å². The Morgan fingerprint density at radius 1 is 1.12 bits per heavy atom. The molecule has 0 unspecified atom stereocenters. The van der Waals surface area contributed by atoms with Gasteiger partial charge in [0.25, 0.3) is 0 Å². The zero-order valence-corrected chi connectivity index (χ0v) is 11.0. The molecule has 0 radical (unpaired) electrons. The van der Waals surface area contributed by atoms with Gasteiger partial charge in [-0.05, 0) is 12.8 Å². The van der Waals surface area contributed by atoms with Gasteiger partial charge >= 0.3 is 6.01 Å². The lowest BCUT2D eigenvalue weighted by Gasteiger charge is -2.13. The molecule has 1 N–H and O–H groups in total. The third kappa shape index (κ3) is 4.42. The van der Waals surface area contributed by atoms with Crippen LogP contribution in [0.2, 0.25) is 0 Å². The van der Waals surface area contributed by atoms with Gasteiger partial charge in [0.1, 0.15) is 0 Å². The molecule has 0 aliphatic carbocycles. The first kappa shape index (κ1) is 13.5. The van der Waals surface area contributed by atoms with E-state index in [1.165, 1.54) is 0 Å². The van der Waals surface area contributed by atoms with E-state index in [0.29, 0.717) is 24.5 Å². The second-order valence-corrected chi connectivity index (χ2v) is 3.91. The van der Waals surface area contributed by atoms with Gasteiger partial charge in [0, 0.05) is 20.6 Å². The van der Waals surface area contributed by atoms with Crippen LogP contribution in [-0.4, -0.2) is 42.2 Å². The minimum absolute atomic E-state index is 0.379. The lowest BCUT2D eigenvalue weighted by Crippen LogP contribution is -2.16. The third-order valence-electron chi connectivity index (χ3n) is 1.97. The Morgan fingerprint density at radius 2 is 1.88 bits per heavy atom. The highest BCUT2D eigenvalue weighted by Crippen LogP contribution is 2.13. The smallest absolute Gasteiger partial charge is 0.323 e. The number of ether oxygens (including phenoxy) is 1. The fourth-order valence-electron chi connectivity index (χ4n) is 1.12. The van der Waals surface area contributed by atoms with Crippen molar-refractivity contribution in [2.24, 2.45) is 0 Å². The average Bonchev–Trinajstić information content (AvgIpc) is 2.33. The summed E-state index contributed by atoms with van der Waals surface area (Å²) in [4.78, 5) is 14.6. The molecule has 96 valence electrons. The van der Waals surface area contributed by atoms with Crippen LogP contribution < -0.4 is 15.0 Å². The Bertz CT molecular complexity index is 316. The number of hydrogen-bond acceptors (Lipinski definition) is 6. The van der Waals surface area contributed by atoms with E-state index in [1.807, 2.05) is 25.9 Å². The summed E-state index contributed by atoms with van der Waals surface area (Å²) in [7, 11) is 3.78. The summed E-state index contributed by atoms with van der Waals surface area (Å²) < 4.78 is 5.44. The van der Waals surface area contributed by atoms with Gasteiger partial charge in [0.2, 0.25) is 11.9 Å². The number of aromatic nitrogens is 3.